The minimum absolute atomic E-state index is 0.0754. The third-order valence-electron chi connectivity index (χ3n) is 2.81. The summed E-state index contributed by atoms with van der Waals surface area (Å²) in [6.07, 6.45) is 0. The highest BCUT2D eigenvalue weighted by Crippen LogP contribution is 2.17. The van der Waals surface area contributed by atoms with Crippen molar-refractivity contribution in [3.05, 3.63) is 29.8 Å². The quantitative estimate of drug-likeness (QED) is 0.662. The molecule has 0 saturated heterocycles. The van der Waals surface area contributed by atoms with Gasteiger partial charge < -0.3 is 19.5 Å². The molecule has 0 aliphatic carbocycles. The fourth-order valence-corrected chi connectivity index (χ4v) is 1.68. The van der Waals surface area contributed by atoms with Gasteiger partial charge in [0.1, 0.15) is 11.8 Å². The summed E-state index contributed by atoms with van der Waals surface area (Å²) < 4.78 is 15.5. The lowest BCUT2D eigenvalue weighted by Crippen LogP contribution is -2.23. The van der Waals surface area contributed by atoms with Crippen LogP contribution in [0.15, 0.2) is 24.3 Å². The Kier molecular flexibility index (Phi) is 8.40. The number of methoxy groups -OCH3 is 1. The van der Waals surface area contributed by atoms with Gasteiger partial charge in [0.25, 0.3) is 0 Å². The molecule has 0 bridgehead atoms. The maximum absolute atomic E-state index is 8.44. The monoisotopic (exact) mass is 278 g/mol. The van der Waals surface area contributed by atoms with E-state index in [9.17, 15) is 0 Å². The SMILES string of the molecule is COCCOCCNC(C)c1ccc(OCC#N)cc1. The van der Waals surface area contributed by atoms with Crippen LogP contribution in [0, 0.1) is 11.3 Å². The number of hydrogen-bond acceptors (Lipinski definition) is 5. The zero-order valence-corrected chi connectivity index (χ0v) is 12.1. The van der Waals surface area contributed by atoms with Gasteiger partial charge in [-0.3, -0.25) is 0 Å². The lowest BCUT2D eigenvalue weighted by atomic mass is 10.1. The second kappa shape index (κ2) is 10.2. The van der Waals surface area contributed by atoms with Gasteiger partial charge in [0, 0.05) is 19.7 Å². The highest BCUT2D eigenvalue weighted by Gasteiger charge is 2.04. The van der Waals surface area contributed by atoms with Crippen molar-refractivity contribution in [2.75, 3.05) is 40.1 Å². The van der Waals surface area contributed by atoms with Crippen LogP contribution in [-0.2, 0) is 9.47 Å². The molecule has 1 aromatic carbocycles. The molecular weight excluding hydrogens is 256 g/mol. The molecule has 1 aromatic rings. The molecule has 0 fully saturated rings. The van der Waals surface area contributed by atoms with Gasteiger partial charge in [-0.15, -0.1) is 0 Å². The Bertz CT molecular complexity index is 401. The van der Waals surface area contributed by atoms with Gasteiger partial charge in [-0.2, -0.15) is 5.26 Å². The topological polar surface area (TPSA) is 63.5 Å². The minimum atomic E-state index is 0.0754. The Morgan fingerprint density at radius 2 is 1.95 bits per heavy atom. The van der Waals surface area contributed by atoms with E-state index in [1.54, 1.807) is 7.11 Å². The molecule has 110 valence electrons. The highest BCUT2D eigenvalue weighted by atomic mass is 16.5. The summed E-state index contributed by atoms with van der Waals surface area (Å²) in [5.41, 5.74) is 1.17. The molecule has 0 amide bonds. The van der Waals surface area contributed by atoms with Crippen LogP contribution in [0.3, 0.4) is 0 Å². The molecule has 0 spiro atoms. The van der Waals surface area contributed by atoms with Crippen LogP contribution in [0.1, 0.15) is 18.5 Å². The zero-order valence-electron chi connectivity index (χ0n) is 12.1. The maximum atomic E-state index is 8.44. The fourth-order valence-electron chi connectivity index (χ4n) is 1.68. The number of benzene rings is 1. The van der Waals surface area contributed by atoms with E-state index in [1.807, 2.05) is 30.3 Å². The van der Waals surface area contributed by atoms with E-state index in [1.165, 1.54) is 5.56 Å². The van der Waals surface area contributed by atoms with Gasteiger partial charge >= 0.3 is 0 Å². The Hall–Kier alpha value is -1.61. The number of nitrogens with zero attached hydrogens (tertiary/aromatic N) is 1. The van der Waals surface area contributed by atoms with Crippen LogP contribution in [0.25, 0.3) is 0 Å². The maximum Gasteiger partial charge on any atom is 0.174 e. The molecule has 0 radical (unpaired) electrons. The van der Waals surface area contributed by atoms with E-state index < -0.39 is 0 Å². The first-order valence-electron chi connectivity index (χ1n) is 6.67. The smallest absolute Gasteiger partial charge is 0.174 e. The first kappa shape index (κ1) is 16.4. The van der Waals surface area contributed by atoms with E-state index in [0.29, 0.717) is 25.6 Å². The lowest BCUT2D eigenvalue weighted by molar-refractivity contribution is 0.0712. The average molecular weight is 278 g/mol. The largest absolute Gasteiger partial charge is 0.479 e. The van der Waals surface area contributed by atoms with Gasteiger partial charge in [-0.1, -0.05) is 12.1 Å². The van der Waals surface area contributed by atoms with Gasteiger partial charge in [0.05, 0.1) is 19.8 Å². The van der Waals surface area contributed by atoms with Crippen LogP contribution in [0.4, 0.5) is 0 Å². The second-order valence-electron chi connectivity index (χ2n) is 4.30. The first-order valence-corrected chi connectivity index (χ1v) is 6.67. The zero-order chi connectivity index (χ0) is 14.6. The number of hydrogen-bond donors (Lipinski definition) is 1. The molecule has 1 atom stereocenters. The van der Waals surface area contributed by atoms with Crippen LogP contribution in [0.2, 0.25) is 0 Å². The van der Waals surface area contributed by atoms with Crippen molar-refractivity contribution in [1.82, 2.24) is 5.32 Å². The van der Waals surface area contributed by atoms with Crippen molar-refractivity contribution >= 4 is 0 Å². The third kappa shape index (κ3) is 6.53. The number of nitriles is 1. The van der Waals surface area contributed by atoms with Crippen LogP contribution >= 0.6 is 0 Å². The molecule has 0 heterocycles. The van der Waals surface area contributed by atoms with E-state index in [0.717, 1.165) is 6.54 Å². The number of nitrogens with one attached hydrogen (secondary N) is 1. The fraction of sp³-hybridized carbons (Fsp3) is 0.533. The molecule has 0 aliphatic heterocycles. The van der Waals surface area contributed by atoms with Crippen LogP contribution < -0.4 is 10.1 Å². The van der Waals surface area contributed by atoms with Crippen LogP contribution in [-0.4, -0.2) is 40.1 Å². The molecule has 5 nitrogen and oxygen atoms in total. The summed E-state index contributed by atoms with van der Waals surface area (Å²) >= 11 is 0. The lowest BCUT2D eigenvalue weighted by Gasteiger charge is -2.14. The van der Waals surface area contributed by atoms with Gasteiger partial charge in [0.2, 0.25) is 0 Å². The summed E-state index contributed by atoms with van der Waals surface area (Å²) in [6.45, 7) is 4.87. The summed E-state index contributed by atoms with van der Waals surface area (Å²) in [7, 11) is 1.66. The number of rotatable bonds is 10. The number of ether oxygens (including phenoxy) is 3. The standard InChI is InChI=1S/C15H22N2O3/c1-13(17-8-10-19-12-11-18-2)14-3-5-15(6-4-14)20-9-7-16/h3-6,13,17H,8-12H2,1-2H3. The van der Waals surface area contributed by atoms with Crippen molar-refractivity contribution < 1.29 is 14.2 Å². The minimum Gasteiger partial charge on any atom is -0.479 e. The second-order valence-corrected chi connectivity index (χ2v) is 4.30. The van der Waals surface area contributed by atoms with Crippen molar-refractivity contribution in [2.45, 2.75) is 13.0 Å². The average Bonchev–Trinajstić information content (AvgIpc) is 2.49. The van der Waals surface area contributed by atoms with Gasteiger partial charge in [-0.05, 0) is 24.6 Å². The predicted octanol–water partition coefficient (Wildman–Crippen LogP) is 1.90. The first-order chi connectivity index (χ1) is 9.77. The molecule has 1 N–H and O–H groups in total. The van der Waals surface area contributed by atoms with Crippen molar-refractivity contribution in [1.29, 1.82) is 5.26 Å². The molecule has 0 aromatic heterocycles. The van der Waals surface area contributed by atoms with E-state index in [2.05, 4.69) is 12.2 Å². The molecule has 0 saturated carbocycles. The van der Waals surface area contributed by atoms with Crippen molar-refractivity contribution in [2.24, 2.45) is 0 Å². The van der Waals surface area contributed by atoms with Crippen LogP contribution in [0.5, 0.6) is 5.75 Å². The van der Waals surface area contributed by atoms with Gasteiger partial charge in [0.15, 0.2) is 6.61 Å². The predicted molar refractivity (Wildman–Crippen MR) is 76.7 cm³/mol. The molecule has 20 heavy (non-hydrogen) atoms. The Morgan fingerprint density at radius 1 is 1.20 bits per heavy atom. The molecule has 1 unspecified atom stereocenters. The third-order valence-corrected chi connectivity index (χ3v) is 2.81. The summed E-state index contributed by atoms with van der Waals surface area (Å²) in [4.78, 5) is 0. The summed E-state index contributed by atoms with van der Waals surface area (Å²) in [5, 5.41) is 11.8. The van der Waals surface area contributed by atoms with E-state index >= 15 is 0 Å². The van der Waals surface area contributed by atoms with Gasteiger partial charge in [-0.25, -0.2) is 0 Å². The van der Waals surface area contributed by atoms with E-state index in [-0.39, 0.29) is 12.6 Å². The molecule has 1 rings (SSSR count). The van der Waals surface area contributed by atoms with Crippen molar-refractivity contribution in [3.63, 3.8) is 0 Å². The summed E-state index contributed by atoms with van der Waals surface area (Å²) in [5.74, 6) is 0.713. The Morgan fingerprint density at radius 3 is 2.60 bits per heavy atom. The Balaban J connectivity index is 2.25. The Labute approximate surface area is 120 Å². The molecule has 5 heteroatoms. The molecular formula is C15H22N2O3. The summed E-state index contributed by atoms with van der Waals surface area (Å²) in [6, 6.07) is 9.93. The molecule has 0 aliphatic rings. The van der Waals surface area contributed by atoms with E-state index in [4.69, 9.17) is 19.5 Å². The normalized spacial score (nSPS) is 11.8. The highest BCUT2D eigenvalue weighted by molar-refractivity contribution is 5.29. The van der Waals surface area contributed by atoms with Crippen molar-refractivity contribution in [3.8, 4) is 11.8 Å².